The van der Waals surface area contributed by atoms with Gasteiger partial charge < -0.3 is 14.4 Å². The summed E-state index contributed by atoms with van der Waals surface area (Å²) < 4.78 is 12.8. The smallest absolute Gasteiger partial charge is 0.226 e. The maximum Gasteiger partial charge on any atom is 0.226 e. The van der Waals surface area contributed by atoms with Crippen molar-refractivity contribution in [2.24, 2.45) is 13.0 Å². The van der Waals surface area contributed by atoms with Crippen LogP contribution < -0.4 is 0 Å². The summed E-state index contributed by atoms with van der Waals surface area (Å²) in [6.07, 6.45) is 3.93. The minimum Gasteiger partial charge on any atom is -0.348 e. The molecule has 1 fully saturated rings. The highest BCUT2D eigenvalue weighted by Gasteiger charge is 2.31. The average molecular weight is 390 g/mol. The van der Waals surface area contributed by atoms with E-state index < -0.39 is 0 Å². The molecule has 2 heterocycles. The van der Waals surface area contributed by atoms with E-state index in [1.165, 1.54) is 11.1 Å². The zero-order valence-electron chi connectivity index (χ0n) is 15.4. The molecule has 0 saturated carbocycles. The van der Waals surface area contributed by atoms with Crippen LogP contribution in [0.5, 0.6) is 0 Å². The van der Waals surface area contributed by atoms with Gasteiger partial charge in [0.2, 0.25) is 5.91 Å². The van der Waals surface area contributed by atoms with E-state index in [4.69, 9.17) is 21.1 Å². The van der Waals surface area contributed by atoms with E-state index in [1.807, 2.05) is 13.1 Å². The summed E-state index contributed by atoms with van der Waals surface area (Å²) in [5.41, 5.74) is 3.32. The summed E-state index contributed by atoms with van der Waals surface area (Å²) >= 11 is 6.28. The molecule has 1 aliphatic heterocycles. The molecule has 27 heavy (non-hydrogen) atoms. The molecule has 7 heteroatoms. The van der Waals surface area contributed by atoms with Crippen LogP contribution in [-0.2, 0) is 40.7 Å². The van der Waals surface area contributed by atoms with Crippen molar-refractivity contribution in [1.82, 2.24) is 14.7 Å². The Bertz CT molecular complexity index is 817. The Morgan fingerprint density at radius 3 is 2.74 bits per heavy atom. The number of aryl methyl sites for hydroxylation is 2. The van der Waals surface area contributed by atoms with Crippen molar-refractivity contribution in [3.05, 3.63) is 52.3 Å². The molecule has 0 radical (unpaired) electrons. The quantitative estimate of drug-likeness (QED) is 0.788. The second kappa shape index (κ2) is 8.00. The normalized spacial score (nSPS) is 19.9. The molecule has 6 nitrogen and oxygen atoms in total. The third kappa shape index (κ3) is 4.18. The van der Waals surface area contributed by atoms with Crippen molar-refractivity contribution in [2.45, 2.75) is 32.1 Å². The number of carbonyl (C=O) groups excluding carboxylic acids is 1. The van der Waals surface area contributed by atoms with Crippen LogP contribution in [0.2, 0.25) is 5.02 Å². The molecule has 0 bridgehead atoms. The number of halogens is 1. The molecule has 0 N–H and O–H groups in total. The van der Waals surface area contributed by atoms with Gasteiger partial charge in [0, 0.05) is 19.2 Å². The van der Waals surface area contributed by atoms with Gasteiger partial charge >= 0.3 is 0 Å². The summed E-state index contributed by atoms with van der Waals surface area (Å²) in [4.78, 5) is 15.1. The molecule has 1 aromatic heterocycles. The molecule has 1 aliphatic carbocycles. The first kappa shape index (κ1) is 18.5. The molecule has 0 spiro atoms. The van der Waals surface area contributed by atoms with Crippen molar-refractivity contribution < 1.29 is 14.3 Å². The Balaban J connectivity index is 1.52. The Morgan fingerprint density at radius 2 is 2.04 bits per heavy atom. The lowest BCUT2D eigenvalue weighted by molar-refractivity contribution is -0.143. The molecule has 2 aromatic rings. The lowest BCUT2D eigenvalue weighted by Gasteiger charge is -2.31. The predicted molar refractivity (Wildman–Crippen MR) is 101 cm³/mol. The number of ether oxygens (including phenoxy) is 2. The summed E-state index contributed by atoms with van der Waals surface area (Å²) in [7, 11) is 1.82. The number of hydrogen-bond donors (Lipinski definition) is 0. The van der Waals surface area contributed by atoms with E-state index in [0.29, 0.717) is 37.0 Å². The van der Waals surface area contributed by atoms with Gasteiger partial charge in [-0.1, -0.05) is 35.9 Å². The number of aromatic nitrogens is 2. The Morgan fingerprint density at radius 1 is 1.30 bits per heavy atom. The number of fused-ring (bicyclic) bond motifs is 1. The van der Waals surface area contributed by atoms with Crippen LogP contribution in [0.25, 0.3) is 0 Å². The van der Waals surface area contributed by atoms with E-state index in [2.05, 4.69) is 23.3 Å². The van der Waals surface area contributed by atoms with E-state index >= 15 is 0 Å². The fourth-order valence-corrected chi connectivity index (χ4v) is 4.12. The highest BCUT2D eigenvalue weighted by molar-refractivity contribution is 6.31. The van der Waals surface area contributed by atoms with Crippen molar-refractivity contribution in [1.29, 1.82) is 0 Å². The average Bonchev–Trinajstić information content (AvgIpc) is 3.29. The maximum absolute atomic E-state index is 13.4. The first-order valence-electron chi connectivity index (χ1n) is 9.37. The number of hydrogen-bond acceptors (Lipinski definition) is 4. The van der Waals surface area contributed by atoms with Gasteiger partial charge in [0.1, 0.15) is 5.69 Å². The Labute approximate surface area is 164 Å². The minimum atomic E-state index is -0.382. The highest BCUT2D eigenvalue weighted by atomic mass is 35.5. The SMILES string of the molecule is Cn1cc(Cl)c(CN(CC2OCCO2)C(=O)[C@@H]2CCc3ccccc3C2)n1. The van der Waals surface area contributed by atoms with Gasteiger partial charge in [-0.15, -0.1) is 0 Å². The summed E-state index contributed by atoms with van der Waals surface area (Å²) in [6, 6.07) is 8.38. The summed E-state index contributed by atoms with van der Waals surface area (Å²) in [6.45, 7) is 1.88. The van der Waals surface area contributed by atoms with Gasteiger partial charge in [-0.2, -0.15) is 5.10 Å². The number of amides is 1. The van der Waals surface area contributed by atoms with Crippen LogP contribution in [0, 0.1) is 5.92 Å². The largest absolute Gasteiger partial charge is 0.348 e. The van der Waals surface area contributed by atoms with Crippen LogP contribution >= 0.6 is 11.6 Å². The molecule has 2 aliphatic rings. The molecular formula is C20H24ClN3O3. The first-order valence-corrected chi connectivity index (χ1v) is 9.75. The third-order valence-electron chi connectivity index (χ3n) is 5.26. The lowest BCUT2D eigenvalue weighted by atomic mass is 9.83. The molecule has 1 saturated heterocycles. The van der Waals surface area contributed by atoms with E-state index in [1.54, 1.807) is 15.8 Å². The van der Waals surface area contributed by atoms with E-state index in [-0.39, 0.29) is 18.1 Å². The highest BCUT2D eigenvalue weighted by Crippen LogP contribution is 2.28. The number of nitrogens with zero attached hydrogens (tertiary/aromatic N) is 3. The fraction of sp³-hybridized carbons (Fsp3) is 0.500. The maximum atomic E-state index is 13.4. The molecule has 1 amide bonds. The standard InChI is InChI=1S/C20H24ClN3O3/c1-23-11-17(21)18(22-23)12-24(13-19-26-8-9-27-19)20(25)16-7-6-14-4-2-3-5-15(14)10-16/h2-5,11,16,19H,6-10,12-13H2,1H3/t16-/m1/s1. The molecule has 1 atom stereocenters. The van der Waals surface area contributed by atoms with Crippen molar-refractivity contribution in [3.63, 3.8) is 0 Å². The monoisotopic (exact) mass is 389 g/mol. The van der Waals surface area contributed by atoms with Gasteiger partial charge in [0.15, 0.2) is 6.29 Å². The molecule has 144 valence electrons. The zero-order valence-corrected chi connectivity index (χ0v) is 16.2. The first-order chi connectivity index (χ1) is 13.1. The Kier molecular flexibility index (Phi) is 5.48. The fourth-order valence-electron chi connectivity index (χ4n) is 3.89. The molecule has 0 unspecified atom stereocenters. The van der Waals surface area contributed by atoms with Crippen molar-refractivity contribution in [2.75, 3.05) is 19.8 Å². The van der Waals surface area contributed by atoms with Crippen LogP contribution in [0.4, 0.5) is 0 Å². The lowest BCUT2D eigenvalue weighted by Crippen LogP contribution is -2.42. The Hall–Kier alpha value is -1.89. The summed E-state index contributed by atoms with van der Waals surface area (Å²) in [5, 5.41) is 4.96. The van der Waals surface area contributed by atoms with Gasteiger partial charge in [-0.25, -0.2) is 0 Å². The van der Waals surface area contributed by atoms with Gasteiger partial charge in [0.25, 0.3) is 0 Å². The van der Waals surface area contributed by atoms with Crippen LogP contribution in [-0.4, -0.2) is 46.6 Å². The van der Waals surface area contributed by atoms with Crippen LogP contribution in [0.15, 0.2) is 30.5 Å². The summed E-state index contributed by atoms with van der Waals surface area (Å²) in [5.74, 6) is 0.0779. The predicted octanol–water partition coefficient (Wildman–Crippen LogP) is 2.58. The van der Waals surface area contributed by atoms with Gasteiger partial charge in [-0.05, 0) is 30.4 Å². The van der Waals surface area contributed by atoms with Crippen molar-refractivity contribution >= 4 is 17.5 Å². The number of carbonyl (C=O) groups is 1. The third-order valence-corrected chi connectivity index (χ3v) is 5.58. The van der Waals surface area contributed by atoms with Crippen LogP contribution in [0.1, 0.15) is 23.2 Å². The number of rotatable bonds is 5. The molecule has 1 aromatic carbocycles. The zero-order chi connectivity index (χ0) is 18.8. The second-order valence-electron chi connectivity index (χ2n) is 7.20. The van der Waals surface area contributed by atoms with Crippen LogP contribution in [0.3, 0.4) is 0 Å². The molecular weight excluding hydrogens is 366 g/mol. The minimum absolute atomic E-state index is 0.0382. The van der Waals surface area contributed by atoms with Gasteiger partial charge in [0.05, 0.1) is 31.3 Å². The number of benzene rings is 1. The van der Waals surface area contributed by atoms with E-state index in [9.17, 15) is 4.79 Å². The van der Waals surface area contributed by atoms with Crippen molar-refractivity contribution in [3.8, 4) is 0 Å². The van der Waals surface area contributed by atoms with E-state index in [0.717, 1.165) is 19.3 Å². The van der Waals surface area contributed by atoms with Gasteiger partial charge in [-0.3, -0.25) is 9.48 Å². The second-order valence-corrected chi connectivity index (χ2v) is 7.60. The topological polar surface area (TPSA) is 56.6 Å². The molecule has 4 rings (SSSR count).